The normalized spacial score (nSPS) is 11.0. The molecule has 0 saturated carbocycles. The molecule has 3 heterocycles. The van der Waals surface area contributed by atoms with Crippen LogP contribution in [0.15, 0.2) is 66.0 Å². The number of pyridine rings is 2. The Balaban J connectivity index is 1.71. The Labute approximate surface area is 160 Å². The summed E-state index contributed by atoms with van der Waals surface area (Å²) < 4.78 is 16.3. The lowest BCUT2D eigenvalue weighted by atomic mass is 10.0. The van der Waals surface area contributed by atoms with E-state index in [0.717, 1.165) is 16.9 Å². The fraction of sp³-hybridized carbons (Fsp3) is 0.143. The highest BCUT2D eigenvalue weighted by Gasteiger charge is 2.10. The molecule has 1 aromatic carbocycles. The zero-order valence-electron chi connectivity index (χ0n) is 15.5. The molecule has 0 unspecified atom stereocenters. The van der Waals surface area contributed by atoms with Crippen LogP contribution in [0.4, 0.5) is 10.2 Å². The molecule has 0 aliphatic carbocycles. The average molecular weight is 375 g/mol. The van der Waals surface area contributed by atoms with Gasteiger partial charge in [0, 0.05) is 32.1 Å². The summed E-state index contributed by atoms with van der Waals surface area (Å²) in [5.74, 6) is 0.422. The minimum absolute atomic E-state index is 0.106. The Bertz CT molecular complexity index is 1220. The molecular formula is C21H18FN5O. The van der Waals surface area contributed by atoms with E-state index >= 15 is 0 Å². The molecule has 0 aliphatic heterocycles. The number of rotatable bonds is 4. The second kappa shape index (κ2) is 7.19. The first kappa shape index (κ1) is 17.8. The SMILES string of the molecule is CN(C)c1cc(-c2ccc(Cn3c(=O)cnc4ccncc43)c(F)c2)ccn1. The van der Waals surface area contributed by atoms with Gasteiger partial charge in [0.25, 0.3) is 5.56 Å². The summed E-state index contributed by atoms with van der Waals surface area (Å²) in [7, 11) is 3.81. The van der Waals surface area contributed by atoms with Crippen LogP contribution in [0.25, 0.3) is 22.2 Å². The third-order valence-corrected chi connectivity index (χ3v) is 4.57. The molecule has 0 radical (unpaired) electrons. The van der Waals surface area contributed by atoms with Crippen LogP contribution in [-0.4, -0.2) is 33.6 Å². The predicted octanol–water partition coefficient (Wildman–Crippen LogP) is 3.11. The van der Waals surface area contributed by atoms with Crippen molar-refractivity contribution in [2.24, 2.45) is 0 Å². The van der Waals surface area contributed by atoms with E-state index in [2.05, 4.69) is 15.0 Å². The van der Waals surface area contributed by atoms with Crippen molar-refractivity contribution in [3.05, 3.63) is 82.9 Å². The van der Waals surface area contributed by atoms with Gasteiger partial charge in [-0.2, -0.15) is 0 Å². The number of aromatic nitrogens is 4. The van der Waals surface area contributed by atoms with Crippen LogP contribution in [0.2, 0.25) is 0 Å². The first-order valence-electron chi connectivity index (χ1n) is 8.74. The molecule has 0 saturated heterocycles. The Morgan fingerprint density at radius 3 is 2.61 bits per heavy atom. The lowest BCUT2D eigenvalue weighted by Gasteiger charge is -2.13. The highest BCUT2D eigenvalue weighted by Crippen LogP contribution is 2.25. The standard InChI is InChI=1S/C21H18FN5O/c1-26(2)20-10-15(5-8-24-20)14-3-4-16(17(22)9-14)13-27-19-11-23-7-6-18(19)25-12-21(27)28/h3-12H,13H2,1-2H3. The third-order valence-electron chi connectivity index (χ3n) is 4.57. The smallest absolute Gasteiger partial charge is 0.269 e. The topological polar surface area (TPSA) is 63.9 Å². The summed E-state index contributed by atoms with van der Waals surface area (Å²) >= 11 is 0. The molecule has 0 atom stereocenters. The highest BCUT2D eigenvalue weighted by atomic mass is 19.1. The van der Waals surface area contributed by atoms with Crippen LogP contribution in [-0.2, 0) is 6.54 Å². The molecule has 28 heavy (non-hydrogen) atoms. The van der Waals surface area contributed by atoms with Gasteiger partial charge in [0.1, 0.15) is 11.6 Å². The first-order chi connectivity index (χ1) is 13.5. The lowest BCUT2D eigenvalue weighted by Crippen LogP contribution is -2.21. The van der Waals surface area contributed by atoms with E-state index in [4.69, 9.17) is 0 Å². The number of nitrogens with zero attached hydrogens (tertiary/aromatic N) is 5. The van der Waals surface area contributed by atoms with E-state index in [1.807, 2.05) is 37.2 Å². The van der Waals surface area contributed by atoms with Gasteiger partial charge in [-0.15, -0.1) is 0 Å². The summed E-state index contributed by atoms with van der Waals surface area (Å²) in [6, 6.07) is 10.5. The van der Waals surface area contributed by atoms with E-state index in [1.54, 1.807) is 30.7 Å². The Kier molecular flexibility index (Phi) is 4.57. The van der Waals surface area contributed by atoms with Gasteiger partial charge in [-0.05, 0) is 35.4 Å². The molecular weight excluding hydrogens is 357 g/mol. The molecule has 3 aromatic heterocycles. The maximum absolute atomic E-state index is 14.8. The number of hydrogen-bond donors (Lipinski definition) is 0. The van der Waals surface area contributed by atoms with Crippen molar-refractivity contribution in [3.63, 3.8) is 0 Å². The summed E-state index contributed by atoms with van der Waals surface area (Å²) in [6.45, 7) is 0.106. The largest absolute Gasteiger partial charge is 0.363 e. The number of benzene rings is 1. The number of fused-ring (bicyclic) bond motifs is 1. The summed E-state index contributed by atoms with van der Waals surface area (Å²) in [6.07, 6.45) is 6.12. The van der Waals surface area contributed by atoms with Crippen molar-refractivity contribution in [1.82, 2.24) is 19.5 Å². The zero-order valence-corrected chi connectivity index (χ0v) is 15.5. The third kappa shape index (κ3) is 3.34. The molecule has 7 heteroatoms. The van der Waals surface area contributed by atoms with E-state index in [9.17, 15) is 9.18 Å². The van der Waals surface area contributed by atoms with Gasteiger partial charge in [-0.25, -0.2) is 14.4 Å². The average Bonchev–Trinajstić information content (AvgIpc) is 2.71. The predicted molar refractivity (Wildman–Crippen MR) is 107 cm³/mol. The van der Waals surface area contributed by atoms with Crippen molar-refractivity contribution in [1.29, 1.82) is 0 Å². The van der Waals surface area contributed by atoms with Crippen LogP contribution in [0, 0.1) is 5.82 Å². The monoisotopic (exact) mass is 375 g/mol. The summed E-state index contributed by atoms with van der Waals surface area (Å²) in [5.41, 5.74) is 2.96. The van der Waals surface area contributed by atoms with Crippen molar-refractivity contribution in [3.8, 4) is 11.1 Å². The van der Waals surface area contributed by atoms with Crippen LogP contribution < -0.4 is 10.5 Å². The van der Waals surface area contributed by atoms with Crippen molar-refractivity contribution >= 4 is 16.9 Å². The Morgan fingerprint density at radius 1 is 1.00 bits per heavy atom. The molecule has 0 amide bonds. The van der Waals surface area contributed by atoms with E-state index < -0.39 is 0 Å². The number of hydrogen-bond acceptors (Lipinski definition) is 5. The second-order valence-corrected chi connectivity index (χ2v) is 6.65. The summed E-state index contributed by atoms with van der Waals surface area (Å²) in [5, 5.41) is 0. The van der Waals surface area contributed by atoms with Gasteiger partial charge in [0.2, 0.25) is 0 Å². The van der Waals surface area contributed by atoms with Crippen LogP contribution >= 0.6 is 0 Å². The quantitative estimate of drug-likeness (QED) is 0.548. The van der Waals surface area contributed by atoms with Crippen LogP contribution in [0.5, 0.6) is 0 Å². The molecule has 0 fully saturated rings. The van der Waals surface area contributed by atoms with Gasteiger partial charge in [-0.3, -0.25) is 14.3 Å². The minimum Gasteiger partial charge on any atom is -0.363 e. The Hall–Kier alpha value is -3.61. The Morgan fingerprint density at radius 2 is 1.82 bits per heavy atom. The molecule has 0 bridgehead atoms. The highest BCUT2D eigenvalue weighted by molar-refractivity contribution is 5.73. The van der Waals surface area contributed by atoms with Gasteiger partial charge in [0.15, 0.2) is 0 Å². The van der Waals surface area contributed by atoms with Gasteiger partial charge < -0.3 is 4.90 Å². The van der Waals surface area contributed by atoms with Crippen molar-refractivity contribution in [2.45, 2.75) is 6.54 Å². The maximum atomic E-state index is 14.8. The molecule has 0 aliphatic rings. The van der Waals surface area contributed by atoms with Crippen molar-refractivity contribution in [2.75, 3.05) is 19.0 Å². The zero-order chi connectivity index (χ0) is 19.7. The van der Waals surface area contributed by atoms with Crippen LogP contribution in [0.1, 0.15) is 5.56 Å². The summed E-state index contributed by atoms with van der Waals surface area (Å²) in [4.78, 5) is 26.6. The fourth-order valence-electron chi connectivity index (χ4n) is 3.04. The van der Waals surface area contributed by atoms with Gasteiger partial charge in [-0.1, -0.05) is 12.1 Å². The second-order valence-electron chi connectivity index (χ2n) is 6.65. The fourth-order valence-corrected chi connectivity index (χ4v) is 3.04. The van der Waals surface area contributed by atoms with Crippen molar-refractivity contribution < 1.29 is 4.39 Å². The molecule has 4 rings (SSSR count). The molecule has 4 aromatic rings. The van der Waals surface area contributed by atoms with Gasteiger partial charge >= 0.3 is 0 Å². The van der Waals surface area contributed by atoms with E-state index in [-0.39, 0.29) is 17.9 Å². The molecule has 0 spiro atoms. The maximum Gasteiger partial charge on any atom is 0.269 e. The van der Waals surface area contributed by atoms with Gasteiger partial charge in [0.05, 0.1) is 30.0 Å². The van der Waals surface area contributed by atoms with Crippen LogP contribution in [0.3, 0.4) is 0 Å². The van der Waals surface area contributed by atoms with E-state index in [1.165, 1.54) is 16.8 Å². The molecule has 140 valence electrons. The lowest BCUT2D eigenvalue weighted by molar-refractivity contribution is 0.599. The number of halogens is 1. The molecule has 6 nitrogen and oxygen atoms in total. The first-order valence-corrected chi connectivity index (χ1v) is 8.74. The molecule has 0 N–H and O–H groups in total. The number of anilines is 1. The minimum atomic E-state index is -0.374. The van der Waals surface area contributed by atoms with E-state index in [0.29, 0.717) is 16.6 Å².